The van der Waals surface area contributed by atoms with Gasteiger partial charge in [-0.3, -0.25) is 4.79 Å². The van der Waals surface area contributed by atoms with Crippen molar-refractivity contribution >= 4 is 5.91 Å². The third kappa shape index (κ3) is 2.16. The van der Waals surface area contributed by atoms with Crippen LogP contribution in [0.25, 0.3) is 0 Å². The standard InChI is InChI=1S/C11H21N3O/c1-12-9-11(3-4-11)10(15)14-7-5-13(2)6-8-14/h12H,3-9H2,1-2H3. The van der Waals surface area contributed by atoms with E-state index in [0.29, 0.717) is 5.91 Å². The molecule has 1 N–H and O–H groups in total. The Labute approximate surface area is 91.6 Å². The molecule has 86 valence electrons. The van der Waals surface area contributed by atoms with Crippen LogP contribution in [0.5, 0.6) is 0 Å². The summed E-state index contributed by atoms with van der Waals surface area (Å²) in [5, 5.41) is 3.14. The molecule has 4 heteroatoms. The molecule has 2 aliphatic rings. The Morgan fingerprint density at radius 1 is 1.27 bits per heavy atom. The largest absolute Gasteiger partial charge is 0.340 e. The molecule has 0 atom stereocenters. The molecule has 0 aromatic heterocycles. The van der Waals surface area contributed by atoms with Gasteiger partial charge >= 0.3 is 0 Å². The molecule has 4 nitrogen and oxygen atoms in total. The molecule has 0 unspecified atom stereocenters. The molecule has 0 aromatic carbocycles. The first kappa shape index (κ1) is 10.9. The van der Waals surface area contributed by atoms with E-state index in [1.165, 1.54) is 0 Å². The highest BCUT2D eigenvalue weighted by Gasteiger charge is 2.51. The Morgan fingerprint density at radius 3 is 2.33 bits per heavy atom. The summed E-state index contributed by atoms with van der Waals surface area (Å²) in [4.78, 5) is 16.6. The highest BCUT2D eigenvalue weighted by molar-refractivity contribution is 5.85. The number of piperazine rings is 1. The second-order valence-corrected chi connectivity index (χ2v) is 4.91. The molecular formula is C11H21N3O. The number of rotatable bonds is 3. The number of nitrogens with zero attached hydrogens (tertiary/aromatic N) is 2. The van der Waals surface area contributed by atoms with E-state index in [1.54, 1.807) is 0 Å². The number of carbonyl (C=O) groups is 1. The van der Waals surface area contributed by atoms with E-state index in [9.17, 15) is 4.79 Å². The van der Waals surface area contributed by atoms with E-state index >= 15 is 0 Å². The van der Waals surface area contributed by atoms with Gasteiger partial charge in [0.1, 0.15) is 0 Å². The molecule has 0 radical (unpaired) electrons. The third-order valence-electron chi connectivity index (χ3n) is 3.61. The molecular weight excluding hydrogens is 190 g/mol. The first-order chi connectivity index (χ1) is 7.18. The summed E-state index contributed by atoms with van der Waals surface area (Å²) in [6.45, 7) is 4.68. The van der Waals surface area contributed by atoms with Gasteiger partial charge in [0.2, 0.25) is 5.91 Å². The van der Waals surface area contributed by atoms with Gasteiger partial charge in [-0.2, -0.15) is 0 Å². The topological polar surface area (TPSA) is 35.6 Å². The normalized spacial score (nSPS) is 25.3. The van der Waals surface area contributed by atoms with Crippen molar-refractivity contribution in [3.05, 3.63) is 0 Å². The number of carbonyl (C=O) groups excluding carboxylic acids is 1. The molecule has 1 saturated heterocycles. The molecule has 1 saturated carbocycles. The summed E-state index contributed by atoms with van der Waals surface area (Å²) in [6, 6.07) is 0. The Kier molecular flexibility index (Phi) is 2.98. The average Bonchev–Trinajstić information content (AvgIpc) is 3.00. The zero-order chi connectivity index (χ0) is 10.9. The first-order valence-corrected chi connectivity index (χ1v) is 5.80. The lowest BCUT2D eigenvalue weighted by Gasteiger charge is -2.34. The van der Waals surface area contributed by atoms with Crippen molar-refractivity contribution in [3.63, 3.8) is 0 Å². The average molecular weight is 211 g/mol. The molecule has 2 fully saturated rings. The Balaban J connectivity index is 1.91. The highest BCUT2D eigenvalue weighted by Crippen LogP contribution is 2.46. The predicted octanol–water partition coefficient (Wildman–Crippen LogP) is -0.240. The van der Waals surface area contributed by atoms with Gasteiger partial charge in [-0.25, -0.2) is 0 Å². The van der Waals surface area contributed by atoms with Crippen LogP contribution in [0.15, 0.2) is 0 Å². The fourth-order valence-electron chi connectivity index (χ4n) is 2.30. The number of likely N-dealkylation sites (N-methyl/N-ethyl adjacent to an activating group) is 1. The first-order valence-electron chi connectivity index (χ1n) is 5.80. The molecule has 0 aromatic rings. The number of nitrogens with one attached hydrogen (secondary N) is 1. The molecule has 0 spiro atoms. The van der Waals surface area contributed by atoms with Crippen molar-refractivity contribution in [2.75, 3.05) is 46.8 Å². The van der Waals surface area contributed by atoms with E-state index in [-0.39, 0.29) is 5.41 Å². The fourth-order valence-corrected chi connectivity index (χ4v) is 2.30. The van der Waals surface area contributed by atoms with Crippen LogP contribution in [0.4, 0.5) is 0 Å². The number of amides is 1. The lowest BCUT2D eigenvalue weighted by Crippen LogP contribution is -2.50. The molecule has 1 heterocycles. The summed E-state index contributed by atoms with van der Waals surface area (Å²) in [5.74, 6) is 0.380. The monoisotopic (exact) mass is 211 g/mol. The Morgan fingerprint density at radius 2 is 1.87 bits per heavy atom. The molecule has 2 rings (SSSR count). The fraction of sp³-hybridized carbons (Fsp3) is 0.909. The van der Waals surface area contributed by atoms with Crippen molar-refractivity contribution < 1.29 is 4.79 Å². The van der Waals surface area contributed by atoms with E-state index < -0.39 is 0 Å². The predicted molar refractivity (Wildman–Crippen MR) is 59.7 cm³/mol. The Bertz CT molecular complexity index is 242. The van der Waals surface area contributed by atoms with Crippen LogP contribution in [-0.4, -0.2) is 62.5 Å². The van der Waals surface area contributed by atoms with Crippen LogP contribution < -0.4 is 5.32 Å². The molecule has 1 aliphatic carbocycles. The smallest absolute Gasteiger partial charge is 0.230 e. The van der Waals surface area contributed by atoms with Crippen molar-refractivity contribution in [3.8, 4) is 0 Å². The third-order valence-corrected chi connectivity index (χ3v) is 3.61. The van der Waals surface area contributed by atoms with E-state index in [1.807, 2.05) is 11.9 Å². The van der Waals surface area contributed by atoms with Crippen LogP contribution in [-0.2, 0) is 4.79 Å². The van der Waals surface area contributed by atoms with Gasteiger partial charge in [-0.05, 0) is 26.9 Å². The zero-order valence-electron chi connectivity index (χ0n) is 9.75. The second kappa shape index (κ2) is 4.10. The minimum atomic E-state index is -0.0370. The lowest BCUT2D eigenvalue weighted by molar-refractivity contribution is -0.138. The number of hydrogen-bond donors (Lipinski definition) is 1. The lowest BCUT2D eigenvalue weighted by atomic mass is 10.1. The highest BCUT2D eigenvalue weighted by atomic mass is 16.2. The van der Waals surface area contributed by atoms with Gasteiger partial charge in [0.15, 0.2) is 0 Å². The van der Waals surface area contributed by atoms with Crippen molar-refractivity contribution in [1.82, 2.24) is 15.1 Å². The molecule has 0 bridgehead atoms. The van der Waals surface area contributed by atoms with Gasteiger partial charge in [0.05, 0.1) is 5.41 Å². The minimum Gasteiger partial charge on any atom is -0.340 e. The minimum absolute atomic E-state index is 0.0370. The van der Waals surface area contributed by atoms with Gasteiger partial charge in [0, 0.05) is 32.7 Å². The van der Waals surface area contributed by atoms with E-state index in [0.717, 1.165) is 45.6 Å². The van der Waals surface area contributed by atoms with Crippen LogP contribution in [0.2, 0.25) is 0 Å². The molecule has 1 amide bonds. The van der Waals surface area contributed by atoms with Gasteiger partial charge in [-0.1, -0.05) is 0 Å². The molecule has 15 heavy (non-hydrogen) atoms. The maximum atomic E-state index is 12.2. The summed E-state index contributed by atoms with van der Waals surface area (Å²) in [6.07, 6.45) is 2.14. The van der Waals surface area contributed by atoms with Gasteiger partial charge in [-0.15, -0.1) is 0 Å². The molecule has 1 aliphatic heterocycles. The number of hydrogen-bond acceptors (Lipinski definition) is 3. The van der Waals surface area contributed by atoms with Crippen LogP contribution in [0.1, 0.15) is 12.8 Å². The van der Waals surface area contributed by atoms with Crippen molar-refractivity contribution in [2.24, 2.45) is 5.41 Å². The second-order valence-electron chi connectivity index (χ2n) is 4.91. The summed E-state index contributed by atoms with van der Waals surface area (Å²) in [5.41, 5.74) is -0.0370. The van der Waals surface area contributed by atoms with Crippen molar-refractivity contribution in [2.45, 2.75) is 12.8 Å². The van der Waals surface area contributed by atoms with Crippen LogP contribution in [0, 0.1) is 5.41 Å². The SMILES string of the molecule is CNCC1(C(=O)N2CCN(C)CC2)CC1. The van der Waals surface area contributed by atoms with Gasteiger partial charge < -0.3 is 15.1 Å². The maximum Gasteiger partial charge on any atom is 0.230 e. The summed E-state index contributed by atoms with van der Waals surface area (Å²) in [7, 11) is 4.04. The van der Waals surface area contributed by atoms with Crippen LogP contribution >= 0.6 is 0 Å². The Hall–Kier alpha value is -0.610. The van der Waals surface area contributed by atoms with E-state index in [4.69, 9.17) is 0 Å². The summed E-state index contributed by atoms with van der Waals surface area (Å²) >= 11 is 0. The van der Waals surface area contributed by atoms with E-state index in [2.05, 4.69) is 17.3 Å². The van der Waals surface area contributed by atoms with Crippen molar-refractivity contribution in [1.29, 1.82) is 0 Å². The zero-order valence-corrected chi connectivity index (χ0v) is 9.75. The quantitative estimate of drug-likeness (QED) is 0.700. The van der Waals surface area contributed by atoms with Gasteiger partial charge in [0.25, 0.3) is 0 Å². The summed E-state index contributed by atoms with van der Waals surface area (Å²) < 4.78 is 0. The van der Waals surface area contributed by atoms with Crippen LogP contribution in [0.3, 0.4) is 0 Å². The maximum absolute atomic E-state index is 12.2.